The second kappa shape index (κ2) is 12.0. The van der Waals surface area contributed by atoms with Crippen LogP contribution in [0.3, 0.4) is 0 Å². The lowest BCUT2D eigenvalue weighted by Crippen LogP contribution is -2.37. The van der Waals surface area contributed by atoms with Gasteiger partial charge in [0, 0.05) is 34.6 Å². The highest BCUT2D eigenvalue weighted by molar-refractivity contribution is 7.90. The zero-order valence-electron chi connectivity index (χ0n) is 27.0. The van der Waals surface area contributed by atoms with Crippen molar-refractivity contribution in [3.63, 3.8) is 0 Å². The third-order valence-electron chi connectivity index (χ3n) is 7.61. The van der Waals surface area contributed by atoms with E-state index in [0.717, 1.165) is 44.5 Å². The van der Waals surface area contributed by atoms with E-state index in [4.69, 9.17) is 9.47 Å². The van der Waals surface area contributed by atoms with Crippen LogP contribution < -0.4 is 9.64 Å². The summed E-state index contributed by atoms with van der Waals surface area (Å²) < 4.78 is 39.6. The molecule has 0 aliphatic rings. The number of methoxy groups -OCH3 is 1. The maximum absolute atomic E-state index is 13.6. The number of benzene rings is 3. The number of fused-ring (bicyclic) bond motifs is 1. The molecule has 5 rings (SSSR count). The molecule has 5 aromatic rings. The minimum absolute atomic E-state index is 0.180. The number of amides is 1. The van der Waals surface area contributed by atoms with Crippen LogP contribution in [-0.4, -0.2) is 36.2 Å². The highest BCUT2D eigenvalue weighted by atomic mass is 32.2. The molecule has 0 spiro atoms. The number of aromatic nitrogens is 2. The Morgan fingerprint density at radius 3 is 2.27 bits per heavy atom. The van der Waals surface area contributed by atoms with E-state index in [1.807, 2.05) is 84.9 Å². The van der Waals surface area contributed by atoms with Crippen LogP contribution in [0.25, 0.3) is 22.0 Å². The normalized spacial score (nSPS) is 11.9. The molecular formula is C36H39N3O5S. The second-order valence-electron chi connectivity index (χ2n) is 12.4. The molecule has 45 heavy (non-hydrogen) atoms. The highest BCUT2D eigenvalue weighted by Gasteiger charge is 2.26. The third-order valence-corrected chi connectivity index (χ3v) is 9.32. The molecule has 9 heteroatoms. The molecule has 2 heterocycles. The van der Waals surface area contributed by atoms with Gasteiger partial charge in [0.25, 0.3) is 10.0 Å². The first-order chi connectivity index (χ1) is 21.2. The lowest BCUT2D eigenvalue weighted by atomic mass is 10.0. The molecule has 1 amide bonds. The molecule has 0 atom stereocenters. The molecule has 0 radical (unpaired) electrons. The number of carbonyl (C=O) groups is 1. The summed E-state index contributed by atoms with van der Waals surface area (Å²) in [5, 5.41) is 0.779. The summed E-state index contributed by atoms with van der Waals surface area (Å²) in [4.78, 5) is 20.1. The van der Waals surface area contributed by atoms with Gasteiger partial charge in [0.1, 0.15) is 11.4 Å². The Bertz CT molecular complexity index is 2010. The Labute approximate surface area is 265 Å². The number of ether oxygens (including phenoxy) is 2. The molecule has 8 nitrogen and oxygen atoms in total. The minimum atomic E-state index is -3.76. The summed E-state index contributed by atoms with van der Waals surface area (Å²) in [6, 6.07) is 20.2. The van der Waals surface area contributed by atoms with Gasteiger partial charge in [-0.05, 0) is 108 Å². The number of pyridine rings is 1. The first-order valence-electron chi connectivity index (χ1n) is 14.7. The van der Waals surface area contributed by atoms with E-state index in [1.54, 1.807) is 54.7 Å². The zero-order valence-corrected chi connectivity index (χ0v) is 27.8. The summed E-state index contributed by atoms with van der Waals surface area (Å²) >= 11 is 0. The number of aryl methyl sites for hydroxylation is 3. The molecule has 2 aromatic heterocycles. The van der Waals surface area contributed by atoms with Gasteiger partial charge in [-0.3, -0.25) is 9.88 Å². The van der Waals surface area contributed by atoms with Crippen molar-refractivity contribution in [3.05, 3.63) is 107 Å². The lowest BCUT2D eigenvalue weighted by Gasteiger charge is -2.28. The van der Waals surface area contributed by atoms with Gasteiger partial charge in [0.05, 0.1) is 29.8 Å². The van der Waals surface area contributed by atoms with Gasteiger partial charge < -0.3 is 9.47 Å². The molecule has 0 saturated heterocycles. The van der Waals surface area contributed by atoms with Crippen LogP contribution in [0.15, 0.2) is 84.0 Å². The Hall–Kier alpha value is -4.63. The van der Waals surface area contributed by atoms with Crippen molar-refractivity contribution < 1.29 is 22.7 Å². The predicted molar refractivity (Wildman–Crippen MR) is 179 cm³/mol. The molecule has 0 bridgehead atoms. The Morgan fingerprint density at radius 2 is 1.60 bits per heavy atom. The Kier molecular flexibility index (Phi) is 8.51. The molecule has 3 aromatic carbocycles. The SMILES string of the molecule is COc1c(C)cnc(CN(C(=O)OC(C)(C)C)c2cc(C)cc(-c3ccc4c(ccn4S(=O)(=O)c4ccc(C)cc4)c3)c2)c1C. The molecule has 0 N–H and O–H groups in total. The van der Waals surface area contributed by atoms with Gasteiger partial charge in [0.15, 0.2) is 0 Å². The van der Waals surface area contributed by atoms with Gasteiger partial charge >= 0.3 is 6.09 Å². The number of rotatable bonds is 7. The quantitative estimate of drug-likeness (QED) is 0.181. The zero-order chi connectivity index (χ0) is 32.7. The number of nitrogens with zero attached hydrogens (tertiary/aromatic N) is 3. The van der Waals surface area contributed by atoms with E-state index in [-0.39, 0.29) is 11.4 Å². The van der Waals surface area contributed by atoms with E-state index in [9.17, 15) is 13.2 Å². The largest absolute Gasteiger partial charge is 0.496 e. The average molecular weight is 626 g/mol. The van der Waals surface area contributed by atoms with Crippen LogP contribution in [0, 0.1) is 27.7 Å². The van der Waals surface area contributed by atoms with Gasteiger partial charge in [-0.25, -0.2) is 17.2 Å². The van der Waals surface area contributed by atoms with Crippen molar-refractivity contribution in [1.29, 1.82) is 0 Å². The van der Waals surface area contributed by atoms with Crippen molar-refractivity contribution in [3.8, 4) is 16.9 Å². The molecule has 0 aliphatic heterocycles. The fourth-order valence-corrected chi connectivity index (χ4v) is 6.73. The van der Waals surface area contributed by atoms with E-state index in [0.29, 0.717) is 16.9 Å². The topological polar surface area (TPSA) is 90.7 Å². The number of hydrogen-bond donors (Lipinski definition) is 0. The van der Waals surface area contributed by atoms with Crippen molar-refractivity contribution in [1.82, 2.24) is 8.96 Å². The van der Waals surface area contributed by atoms with Crippen molar-refractivity contribution >= 4 is 32.7 Å². The number of hydrogen-bond acceptors (Lipinski definition) is 6. The first-order valence-corrected chi connectivity index (χ1v) is 16.2. The van der Waals surface area contributed by atoms with Gasteiger partial charge in [-0.15, -0.1) is 0 Å². The van der Waals surface area contributed by atoms with E-state index in [2.05, 4.69) is 4.98 Å². The van der Waals surface area contributed by atoms with Gasteiger partial charge in [-0.1, -0.05) is 29.8 Å². The smallest absolute Gasteiger partial charge is 0.415 e. The fourth-order valence-electron chi connectivity index (χ4n) is 5.37. The van der Waals surface area contributed by atoms with Crippen LogP contribution in [0.2, 0.25) is 0 Å². The van der Waals surface area contributed by atoms with E-state index >= 15 is 0 Å². The Morgan fingerprint density at radius 1 is 0.889 bits per heavy atom. The van der Waals surface area contributed by atoms with E-state index < -0.39 is 21.7 Å². The maximum Gasteiger partial charge on any atom is 0.415 e. The monoisotopic (exact) mass is 625 g/mol. The van der Waals surface area contributed by atoms with E-state index in [1.165, 1.54) is 3.97 Å². The van der Waals surface area contributed by atoms with Gasteiger partial charge in [0.2, 0.25) is 0 Å². The fraction of sp³-hybridized carbons (Fsp3) is 0.278. The van der Waals surface area contributed by atoms with Crippen molar-refractivity contribution in [2.45, 2.75) is 65.5 Å². The maximum atomic E-state index is 13.6. The minimum Gasteiger partial charge on any atom is -0.496 e. The van der Waals surface area contributed by atoms with Crippen LogP contribution in [0.1, 0.15) is 48.7 Å². The number of anilines is 1. The molecule has 0 fully saturated rings. The van der Waals surface area contributed by atoms with Gasteiger partial charge in [-0.2, -0.15) is 0 Å². The summed E-state index contributed by atoms with van der Waals surface area (Å²) in [5.41, 5.74) is 6.69. The average Bonchev–Trinajstić information content (AvgIpc) is 3.40. The first kappa shape index (κ1) is 31.8. The summed E-state index contributed by atoms with van der Waals surface area (Å²) in [6.07, 6.45) is 2.84. The van der Waals surface area contributed by atoms with Crippen LogP contribution >= 0.6 is 0 Å². The highest BCUT2D eigenvalue weighted by Crippen LogP contribution is 2.33. The number of carbonyl (C=O) groups excluding carboxylic acids is 1. The molecule has 0 aliphatic carbocycles. The standard InChI is InChI=1S/C36H39N3O5S/c1-23-9-12-31(13-10-23)45(41,42)39-16-15-28-19-27(11-14-33(28)39)29-17-24(2)18-30(20-29)38(35(40)44-36(5,6)7)22-32-26(4)34(43-8)25(3)21-37-32/h9-21H,22H2,1-8H3. The third kappa shape index (κ3) is 6.59. The van der Waals surface area contributed by atoms with Crippen molar-refractivity contribution in [2.24, 2.45) is 0 Å². The molecular weight excluding hydrogens is 586 g/mol. The van der Waals surface area contributed by atoms with Crippen LogP contribution in [0.5, 0.6) is 5.75 Å². The molecule has 0 saturated carbocycles. The summed E-state index contributed by atoms with van der Waals surface area (Å²) in [7, 11) is -2.14. The summed E-state index contributed by atoms with van der Waals surface area (Å²) in [6.45, 7) is 13.5. The summed E-state index contributed by atoms with van der Waals surface area (Å²) in [5.74, 6) is 0.735. The molecule has 234 valence electrons. The van der Waals surface area contributed by atoms with Crippen LogP contribution in [0.4, 0.5) is 10.5 Å². The van der Waals surface area contributed by atoms with Crippen LogP contribution in [-0.2, 0) is 21.3 Å². The second-order valence-corrected chi connectivity index (χ2v) is 14.2. The molecule has 0 unspecified atom stereocenters. The lowest BCUT2D eigenvalue weighted by molar-refractivity contribution is 0.0577. The Balaban J connectivity index is 1.56. The van der Waals surface area contributed by atoms with Crippen molar-refractivity contribution in [2.75, 3.05) is 12.0 Å². The predicted octanol–water partition coefficient (Wildman–Crippen LogP) is 8.12.